The molecule has 92 valence electrons. The van der Waals surface area contributed by atoms with E-state index in [0.717, 1.165) is 18.2 Å². The normalized spacial score (nSPS) is 10.3. The quantitative estimate of drug-likeness (QED) is 0.669. The number of ketones is 1. The number of rotatable bonds is 3. The van der Waals surface area contributed by atoms with Gasteiger partial charge in [0.1, 0.15) is 11.6 Å². The zero-order chi connectivity index (χ0) is 13.1. The zero-order valence-electron chi connectivity index (χ0n) is 9.49. The van der Waals surface area contributed by atoms with Crippen molar-refractivity contribution in [1.82, 2.24) is 0 Å². The first-order valence-electron chi connectivity index (χ1n) is 5.39. The molecule has 0 aliphatic heterocycles. The maximum absolute atomic E-state index is 13.4. The van der Waals surface area contributed by atoms with Gasteiger partial charge in [-0.25, -0.2) is 8.78 Å². The van der Waals surface area contributed by atoms with Gasteiger partial charge in [-0.2, -0.15) is 0 Å². The van der Waals surface area contributed by atoms with E-state index < -0.39 is 17.4 Å². The number of hydrogen-bond acceptors (Lipinski definition) is 2. The van der Waals surface area contributed by atoms with Crippen molar-refractivity contribution in [1.29, 1.82) is 0 Å². The summed E-state index contributed by atoms with van der Waals surface area (Å²) in [6.45, 7) is 0. The van der Waals surface area contributed by atoms with Gasteiger partial charge in [-0.3, -0.25) is 4.79 Å². The number of Topliss-reactive ketones (excluding diaryl/α,β-unsaturated/α-hetero) is 1. The van der Waals surface area contributed by atoms with Crippen LogP contribution in [-0.4, -0.2) is 5.78 Å². The standard InChI is InChI=1S/C14H11F2NO/c15-10-3-6-13(16)12(8-10)14(18)7-9-1-4-11(17)5-2-9/h1-6,8H,7,17H2. The topological polar surface area (TPSA) is 43.1 Å². The highest BCUT2D eigenvalue weighted by molar-refractivity contribution is 5.97. The van der Waals surface area contributed by atoms with E-state index in [4.69, 9.17) is 5.73 Å². The first kappa shape index (κ1) is 12.2. The molecule has 0 aliphatic rings. The Kier molecular flexibility index (Phi) is 3.37. The Morgan fingerprint density at radius 3 is 2.39 bits per heavy atom. The summed E-state index contributed by atoms with van der Waals surface area (Å²) in [5.74, 6) is -1.80. The van der Waals surface area contributed by atoms with Crippen LogP contribution >= 0.6 is 0 Å². The van der Waals surface area contributed by atoms with Gasteiger partial charge in [-0.05, 0) is 35.9 Å². The van der Waals surface area contributed by atoms with E-state index in [1.165, 1.54) is 0 Å². The van der Waals surface area contributed by atoms with Gasteiger partial charge < -0.3 is 5.73 Å². The van der Waals surface area contributed by atoms with Gasteiger partial charge in [0.2, 0.25) is 0 Å². The average molecular weight is 247 g/mol. The van der Waals surface area contributed by atoms with Gasteiger partial charge in [0.05, 0.1) is 5.56 Å². The van der Waals surface area contributed by atoms with Crippen LogP contribution in [0.15, 0.2) is 42.5 Å². The van der Waals surface area contributed by atoms with Gasteiger partial charge in [-0.1, -0.05) is 12.1 Å². The second-order valence-corrected chi connectivity index (χ2v) is 3.97. The second-order valence-electron chi connectivity index (χ2n) is 3.97. The third kappa shape index (κ3) is 2.71. The van der Waals surface area contributed by atoms with E-state index in [2.05, 4.69) is 0 Å². The largest absolute Gasteiger partial charge is 0.399 e. The molecule has 0 aliphatic carbocycles. The van der Waals surface area contributed by atoms with E-state index in [9.17, 15) is 13.6 Å². The fourth-order valence-corrected chi connectivity index (χ4v) is 1.63. The minimum absolute atomic E-state index is 0.0145. The molecule has 0 bridgehead atoms. The van der Waals surface area contributed by atoms with Crippen LogP contribution in [0.1, 0.15) is 15.9 Å². The molecule has 2 N–H and O–H groups in total. The first-order valence-corrected chi connectivity index (χ1v) is 5.39. The molecule has 0 heterocycles. The smallest absolute Gasteiger partial charge is 0.170 e. The fourth-order valence-electron chi connectivity index (χ4n) is 1.63. The molecule has 0 saturated heterocycles. The van der Waals surface area contributed by atoms with Gasteiger partial charge in [0.15, 0.2) is 5.78 Å². The number of carbonyl (C=O) groups is 1. The molecule has 18 heavy (non-hydrogen) atoms. The van der Waals surface area contributed by atoms with Crippen LogP contribution < -0.4 is 5.73 Å². The highest BCUT2D eigenvalue weighted by Crippen LogP contribution is 2.14. The molecule has 0 unspecified atom stereocenters. The monoisotopic (exact) mass is 247 g/mol. The van der Waals surface area contributed by atoms with Crippen LogP contribution in [0, 0.1) is 11.6 Å². The molecule has 4 heteroatoms. The molecule has 0 aromatic heterocycles. The van der Waals surface area contributed by atoms with Crippen LogP contribution in [0.3, 0.4) is 0 Å². The Balaban J connectivity index is 2.21. The number of nitrogen functional groups attached to an aromatic ring is 1. The molecule has 0 amide bonds. The molecular formula is C14H11F2NO. The summed E-state index contributed by atoms with van der Waals surface area (Å²) in [5, 5.41) is 0. The molecule has 2 aromatic carbocycles. The molecular weight excluding hydrogens is 236 g/mol. The average Bonchev–Trinajstić information content (AvgIpc) is 2.35. The lowest BCUT2D eigenvalue weighted by molar-refractivity contribution is 0.0988. The summed E-state index contributed by atoms with van der Waals surface area (Å²) in [6.07, 6.45) is 0.0145. The number of nitrogens with two attached hydrogens (primary N) is 1. The van der Waals surface area contributed by atoms with E-state index in [1.54, 1.807) is 24.3 Å². The van der Waals surface area contributed by atoms with Crippen molar-refractivity contribution < 1.29 is 13.6 Å². The van der Waals surface area contributed by atoms with Gasteiger partial charge in [0.25, 0.3) is 0 Å². The number of halogens is 2. The van der Waals surface area contributed by atoms with Crippen LogP contribution in [0.4, 0.5) is 14.5 Å². The number of carbonyl (C=O) groups excluding carboxylic acids is 1. The molecule has 0 spiro atoms. The summed E-state index contributed by atoms with van der Waals surface area (Å²) in [4.78, 5) is 11.8. The van der Waals surface area contributed by atoms with Crippen molar-refractivity contribution in [3.63, 3.8) is 0 Å². The van der Waals surface area contributed by atoms with Crippen LogP contribution in [0.25, 0.3) is 0 Å². The molecule has 0 atom stereocenters. The van der Waals surface area contributed by atoms with Crippen molar-refractivity contribution in [3.8, 4) is 0 Å². The van der Waals surface area contributed by atoms with Crippen LogP contribution in [0.5, 0.6) is 0 Å². The predicted octanol–water partition coefficient (Wildman–Crippen LogP) is 2.97. The molecule has 2 rings (SSSR count). The van der Waals surface area contributed by atoms with E-state index in [0.29, 0.717) is 11.3 Å². The summed E-state index contributed by atoms with van der Waals surface area (Å²) < 4.78 is 26.3. The molecule has 2 aromatic rings. The molecule has 0 saturated carbocycles. The molecule has 0 fully saturated rings. The number of anilines is 1. The van der Waals surface area contributed by atoms with Gasteiger partial charge in [-0.15, -0.1) is 0 Å². The first-order chi connectivity index (χ1) is 8.56. The summed E-state index contributed by atoms with van der Waals surface area (Å²) in [7, 11) is 0. The number of hydrogen-bond donors (Lipinski definition) is 1. The fraction of sp³-hybridized carbons (Fsp3) is 0.0714. The van der Waals surface area contributed by atoms with E-state index in [1.807, 2.05) is 0 Å². The highest BCUT2D eigenvalue weighted by Gasteiger charge is 2.13. The number of benzene rings is 2. The Morgan fingerprint density at radius 2 is 1.72 bits per heavy atom. The SMILES string of the molecule is Nc1ccc(CC(=O)c2cc(F)ccc2F)cc1. The third-order valence-electron chi connectivity index (χ3n) is 2.57. The lowest BCUT2D eigenvalue weighted by Crippen LogP contribution is -2.06. The Labute approximate surface area is 103 Å². The minimum atomic E-state index is -0.711. The van der Waals surface area contributed by atoms with Crippen LogP contribution in [-0.2, 0) is 6.42 Å². The lowest BCUT2D eigenvalue weighted by Gasteiger charge is -2.03. The maximum atomic E-state index is 13.4. The predicted molar refractivity (Wildman–Crippen MR) is 65.2 cm³/mol. The Bertz CT molecular complexity index is 579. The third-order valence-corrected chi connectivity index (χ3v) is 2.57. The molecule has 2 nitrogen and oxygen atoms in total. The molecule has 0 radical (unpaired) electrons. The highest BCUT2D eigenvalue weighted by atomic mass is 19.1. The van der Waals surface area contributed by atoms with Gasteiger partial charge in [0, 0.05) is 12.1 Å². The maximum Gasteiger partial charge on any atom is 0.170 e. The van der Waals surface area contributed by atoms with Crippen LogP contribution in [0.2, 0.25) is 0 Å². The zero-order valence-corrected chi connectivity index (χ0v) is 9.49. The Hall–Kier alpha value is -2.23. The minimum Gasteiger partial charge on any atom is -0.399 e. The van der Waals surface area contributed by atoms with Gasteiger partial charge >= 0.3 is 0 Å². The van der Waals surface area contributed by atoms with Crippen molar-refractivity contribution >= 4 is 11.5 Å². The van der Waals surface area contributed by atoms with E-state index >= 15 is 0 Å². The summed E-state index contributed by atoms with van der Waals surface area (Å²) in [6, 6.07) is 9.53. The lowest BCUT2D eigenvalue weighted by atomic mass is 10.0. The van der Waals surface area contributed by atoms with Crippen molar-refractivity contribution in [2.45, 2.75) is 6.42 Å². The van der Waals surface area contributed by atoms with Crippen molar-refractivity contribution in [2.24, 2.45) is 0 Å². The van der Waals surface area contributed by atoms with Crippen molar-refractivity contribution in [2.75, 3.05) is 5.73 Å². The Morgan fingerprint density at radius 1 is 1.06 bits per heavy atom. The van der Waals surface area contributed by atoms with Crippen molar-refractivity contribution in [3.05, 3.63) is 65.2 Å². The van der Waals surface area contributed by atoms with E-state index in [-0.39, 0.29) is 12.0 Å². The second kappa shape index (κ2) is 4.96. The summed E-state index contributed by atoms with van der Waals surface area (Å²) >= 11 is 0. The summed E-state index contributed by atoms with van der Waals surface area (Å²) in [5.41, 5.74) is 6.58.